The average Bonchev–Trinajstić information content (AvgIpc) is 2.61. The average molecular weight is 282 g/mol. The second-order valence-electron chi connectivity index (χ2n) is 5.13. The number of hydrogen-bond acceptors (Lipinski definition) is 3. The third-order valence-corrected chi connectivity index (χ3v) is 3.72. The molecular weight excluding hydrogens is 268 g/mol. The standard InChI is InChI=1S/C17H14O4/c1-10(17(19)20)11-6-7-13-14(18)8-12-4-2-3-5-15(12)21-16(13)9-11/h2-7,9-10H,8H2,1H3,(H,19,20). The molecule has 1 unspecified atom stereocenters. The van der Waals surface area contributed by atoms with Gasteiger partial charge < -0.3 is 9.84 Å². The predicted octanol–water partition coefficient (Wildman–Crippen LogP) is 3.41. The molecule has 4 nitrogen and oxygen atoms in total. The minimum Gasteiger partial charge on any atom is -0.481 e. The molecule has 0 saturated heterocycles. The highest BCUT2D eigenvalue weighted by Crippen LogP contribution is 2.35. The Morgan fingerprint density at radius 1 is 1.19 bits per heavy atom. The molecule has 2 aromatic carbocycles. The van der Waals surface area contributed by atoms with E-state index in [0.29, 0.717) is 22.6 Å². The quantitative estimate of drug-likeness (QED) is 0.916. The number of Topliss-reactive ketones (excluding diaryl/α,β-unsaturated/α-hetero) is 1. The number of hydrogen-bond donors (Lipinski definition) is 1. The third-order valence-electron chi connectivity index (χ3n) is 3.72. The summed E-state index contributed by atoms with van der Waals surface area (Å²) in [6, 6.07) is 12.4. The Morgan fingerprint density at radius 2 is 1.95 bits per heavy atom. The van der Waals surface area contributed by atoms with Gasteiger partial charge in [0.2, 0.25) is 0 Å². The van der Waals surface area contributed by atoms with Gasteiger partial charge in [-0.25, -0.2) is 0 Å². The second-order valence-corrected chi connectivity index (χ2v) is 5.13. The van der Waals surface area contributed by atoms with Crippen LogP contribution in [0.5, 0.6) is 11.5 Å². The molecule has 0 spiro atoms. The van der Waals surface area contributed by atoms with Crippen molar-refractivity contribution >= 4 is 11.8 Å². The summed E-state index contributed by atoms with van der Waals surface area (Å²) in [6.07, 6.45) is 0.289. The van der Waals surface area contributed by atoms with Crippen LogP contribution in [0, 0.1) is 0 Å². The first-order valence-corrected chi connectivity index (χ1v) is 6.72. The van der Waals surface area contributed by atoms with Gasteiger partial charge in [0.15, 0.2) is 5.78 Å². The van der Waals surface area contributed by atoms with Gasteiger partial charge in [-0.2, -0.15) is 0 Å². The Morgan fingerprint density at radius 3 is 2.71 bits per heavy atom. The molecule has 1 aliphatic heterocycles. The van der Waals surface area contributed by atoms with Crippen LogP contribution in [0.25, 0.3) is 0 Å². The summed E-state index contributed by atoms with van der Waals surface area (Å²) in [5, 5.41) is 9.10. The molecule has 0 bridgehead atoms. The highest BCUT2D eigenvalue weighted by molar-refractivity contribution is 6.01. The van der Waals surface area contributed by atoms with Gasteiger partial charge in [-0.15, -0.1) is 0 Å². The van der Waals surface area contributed by atoms with Crippen molar-refractivity contribution in [2.24, 2.45) is 0 Å². The first-order valence-electron chi connectivity index (χ1n) is 6.72. The molecule has 2 aromatic rings. The van der Waals surface area contributed by atoms with E-state index in [1.807, 2.05) is 24.3 Å². The van der Waals surface area contributed by atoms with Crippen molar-refractivity contribution in [2.75, 3.05) is 0 Å². The molecule has 0 aromatic heterocycles. The zero-order valence-electron chi connectivity index (χ0n) is 11.5. The van der Waals surface area contributed by atoms with Gasteiger partial charge in [0.1, 0.15) is 11.5 Å². The van der Waals surface area contributed by atoms with E-state index in [4.69, 9.17) is 9.84 Å². The smallest absolute Gasteiger partial charge is 0.310 e. The van der Waals surface area contributed by atoms with E-state index in [1.165, 1.54) is 0 Å². The summed E-state index contributed by atoms with van der Waals surface area (Å²) < 4.78 is 5.83. The monoisotopic (exact) mass is 282 g/mol. The number of carboxylic acids is 1. The molecule has 3 rings (SSSR count). The molecule has 21 heavy (non-hydrogen) atoms. The minimum atomic E-state index is -0.907. The molecule has 4 heteroatoms. The van der Waals surface area contributed by atoms with Gasteiger partial charge in [0.25, 0.3) is 0 Å². The Labute approximate surface area is 122 Å². The Kier molecular flexibility index (Phi) is 3.22. The van der Waals surface area contributed by atoms with E-state index in [9.17, 15) is 9.59 Å². The van der Waals surface area contributed by atoms with Crippen LogP contribution in [0.4, 0.5) is 0 Å². The van der Waals surface area contributed by atoms with Crippen molar-refractivity contribution in [3.63, 3.8) is 0 Å². The topological polar surface area (TPSA) is 63.6 Å². The molecule has 106 valence electrons. The first-order chi connectivity index (χ1) is 10.1. The van der Waals surface area contributed by atoms with Crippen molar-refractivity contribution in [3.05, 3.63) is 59.2 Å². The molecule has 1 N–H and O–H groups in total. The van der Waals surface area contributed by atoms with Crippen LogP contribution in [-0.2, 0) is 11.2 Å². The van der Waals surface area contributed by atoms with Crippen molar-refractivity contribution in [1.82, 2.24) is 0 Å². The molecular formula is C17H14O4. The zero-order valence-corrected chi connectivity index (χ0v) is 11.5. The van der Waals surface area contributed by atoms with Gasteiger partial charge >= 0.3 is 5.97 Å². The number of rotatable bonds is 2. The van der Waals surface area contributed by atoms with Gasteiger partial charge in [0.05, 0.1) is 11.5 Å². The summed E-state index contributed by atoms with van der Waals surface area (Å²) in [7, 11) is 0. The second kappa shape index (κ2) is 5.05. The number of ketones is 1. The van der Waals surface area contributed by atoms with E-state index < -0.39 is 11.9 Å². The van der Waals surface area contributed by atoms with Gasteiger partial charge in [-0.05, 0) is 30.7 Å². The Bertz CT molecular complexity index is 733. The highest BCUT2D eigenvalue weighted by Gasteiger charge is 2.23. The van der Waals surface area contributed by atoms with Crippen LogP contribution in [0.15, 0.2) is 42.5 Å². The highest BCUT2D eigenvalue weighted by atomic mass is 16.5. The fourth-order valence-electron chi connectivity index (χ4n) is 2.40. The molecule has 0 saturated carbocycles. The third kappa shape index (κ3) is 2.40. The van der Waals surface area contributed by atoms with Gasteiger partial charge in [0, 0.05) is 12.0 Å². The van der Waals surface area contributed by atoms with Crippen LogP contribution in [0.1, 0.15) is 34.3 Å². The fourth-order valence-corrected chi connectivity index (χ4v) is 2.40. The van der Waals surface area contributed by atoms with Crippen LogP contribution in [0.2, 0.25) is 0 Å². The van der Waals surface area contributed by atoms with Gasteiger partial charge in [-0.1, -0.05) is 24.3 Å². The lowest BCUT2D eigenvalue weighted by molar-refractivity contribution is -0.138. The van der Waals surface area contributed by atoms with E-state index in [1.54, 1.807) is 25.1 Å². The summed E-state index contributed by atoms with van der Waals surface area (Å²) in [5.74, 6) is -0.507. The lowest BCUT2D eigenvalue weighted by Crippen LogP contribution is -2.08. The molecule has 0 amide bonds. The van der Waals surface area contributed by atoms with Crippen molar-refractivity contribution in [1.29, 1.82) is 0 Å². The van der Waals surface area contributed by atoms with E-state index >= 15 is 0 Å². The maximum atomic E-state index is 12.3. The SMILES string of the molecule is CC(C(=O)O)c1ccc2c(c1)Oc1ccccc1CC2=O. The maximum absolute atomic E-state index is 12.3. The van der Waals surface area contributed by atoms with Crippen molar-refractivity contribution in [2.45, 2.75) is 19.3 Å². The number of para-hydroxylation sites is 1. The minimum absolute atomic E-state index is 0.0236. The van der Waals surface area contributed by atoms with E-state index in [0.717, 1.165) is 5.56 Å². The van der Waals surface area contributed by atoms with Crippen LogP contribution in [0.3, 0.4) is 0 Å². The summed E-state index contributed by atoms with van der Waals surface area (Å²) in [5.41, 5.74) is 1.95. The zero-order chi connectivity index (χ0) is 15.0. The van der Waals surface area contributed by atoms with Crippen molar-refractivity contribution < 1.29 is 19.4 Å². The summed E-state index contributed by atoms with van der Waals surface area (Å²) in [4.78, 5) is 23.4. The van der Waals surface area contributed by atoms with Crippen LogP contribution >= 0.6 is 0 Å². The molecule has 1 atom stereocenters. The molecule has 1 aliphatic rings. The fraction of sp³-hybridized carbons (Fsp3) is 0.176. The molecule has 1 heterocycles. The maximum Gasteiger partial charge on any atom is 0.310 e. The lowest BCUT2D eigenvalue weighted by Gasteiger charge is -2.12. The number of fused-ring (bicyclic) bond motifs is 2. The van der Waals surface area contributed by atoms with Crippen molar-refractivity contribution in [3.8, 4) is 11.5 Å². The normalized spacial score (nSPS) is 14.4. The molecule has 0 radical (unpaired) electrons. The number of ether oxygens (including phenoxy) is 1. The van der Waals surface area contributed by atoms with Crippen LogP contribution < -0.4 is 4.74 Å². The Balaban J connectivity index is 2.08. The number of aliphatic carboxylic acids is 1. The lowest BCUT2D eigenvalue weighted by atomic mass is 9.97. The molecule has 0 aliphatic carbocycles. The Hall–Kier alpha value is -2.62. The molecule has 0 fully saturated rings. The first kappa shape index (κ1) is 13.4. The number of carbonyl (C=O) groups is 2. The summed E-state index contributed by atoms with van der Waals surface area (Å²) >= 11 is 0. The number of carboxylic acid groups (broad SMARTS) is 1. The van der Waals surface area contributed by atoms with Gasteiger partial charge in [-0.3, -0.25) is 9.59 Å². The number of carbonyl (C=O) groups excluding carboxylic acids is 1. The predicted molar refractivity (Wildman–Crippen MR) is 77.0 cm³/mol. The number of benzene rings is 2. The van der Waals surface area contributed by atoms with Crippen LogP contribution in [-0.4, -0.2) is 16.9 Å². The largest absolute Gasteiger partial charge is 0.481 e. The summed E-state index contributed by atoms with van der Waals surface area (Å²) in [6.45, 7) is 1.61. The van der Waals surface area contributed by atoms with E-state index in [-0.39, 0.29) is 12.2 Å². The van der Waals surface area contributed by atoms with E-state index in [2.05, 4.69) is 0 Å².